The van der Waals surface area contributed by atoms with Crippen LogP contribution < -0.4 is 4.90 Å². The zero-order chi connectivity index (χ0) is 18.6. The number of anilines is 2. The number of halogens is 1. The van der Waals surface area contributed by atoms with Gasteiger partial charge in [0.2, 0.25) is 0 Å². The molecular weight excluding hydrogens is 402 g/mol. The van der Waals surface area contributed by atoms with E-state index >= 15 is 0 Å². The van der Waals surface area contributed by atoms with Crippen LogP contribution in [0.2, 0.25) is 0 Å². The van der Waals surface area contributed by atoms with E-state index in [9.17, 15) is 9.59 Å². The first-order valence-corrected chi connectivity index (χ1v) is 9.71. The monoisotopic (exact) mass is 417 g/mol. The van der Waals surface area contributed by atoms with Gasteiger partial charge in [0.15, 0.2) is 10.1 Å². The number of para-hydroxylation sites is 2. The molecule has 4 heteroatoms. The Labute approximate surface area is 165 Å². The first-order chi connectivity index (χ1) is 13.1. The van der Waals surface area contributed by atoms with Gasteiger partial charge < -0.3 is 0 Å². The molecule has 3 aromatic rings. The largest absolute Gasteiger partial charge is 0.292 e. The maximum atomic E-state index is 13.7. The van der Waals surface area contributed by atoms with Gasteiger partial charge >= 0.3 is 0 Å². The highest BCUT2D eigenvalue weighted by Gasteiger charge is 2.53. The van der Waals surface area contributed by atoms with Crippen LogP contribution in [0, 0.1) is 0 Å². The van der Waals surface area contributed by atoms with Crippen molar-refractivity contribution >= 4 is 39.0 Å². The molecule has 0 aliphatic carbocycles. The standard InChI is InChI=1S/C23H16BrNO2/c24-23(14-15-7-2-1-3-8-15)21(26)18-11-6-10-17-13-16-9-4-5-12-19(16)25(20(17)18)22(23)27/h1-12H,13-14H2. The highest BCUT2D eigenvalue weighted by Crippen LogP contribution is 2.48. The van der Waals surface area contributed by atoms with E-state index in [1.165, 1.54) is 0 Å². The van der Waals surface area contributed by atoms with Crippen LogP contribution in [0.4, 0.5) is 11.4 Å². The van der Waals surface area contributed by atoms with E-state index in [1.54, 1.807) is 4.90 Å². The van der Waals surface area contributed by atoms with Crippen molar-refractivity contribution in [2.24, 2.45) is 0 Å². The third-order valence-corrected chi connectivity index (χ3v) is 6.37. The lowest BCUT2D eigenvalue weighted by Crippen LogP contribution is -2.55. The zero-order valence-corrected chi connectivity index (χ0v) is 16.1. The normalized spacial score (nSPS) is 20.3. The van der Waals surface area contributed by atoms with Crippen molar-refractivity contribution in [1.29, 1.82) is 0 Å². The number of benzene rings is 3. The minimum atomic E-state index is -1.30. The average Bonchev–Trinajstić information content (AvgIpc) is 2.70. The van der Waals surface area contributed by atoms with Crippen molar-refractivity contribution in [2.75, 3.05) is 4.90 Å². The molecule has 27 heavy (non-hydrogen) atoms. The number of nitrogens with zero attached hydrogens (tertiary/aromatic N) is 1. The molecule has 1 unspecified atom stereocenters. The molecule has 5 rings (SSSR count). The van der Waals surface area contributed by atoms with Gasteiger partial charge in [-0.3, -0.25) is 14.5 Å². The first kappa shape index (κ1) is 16.5. The second-order valence-electron chi connectivity index (χ2n) is 7.05. The van der Waals surface area contributed by atoms with Crippen LogP contribution in [-0.4, -0.2) is 16.0 Å². The Balaban J connectivity index is 1.72. The summed E-state index contributed by atoms with van der Waals surface area (Å²) in [5.74, 6) is -0.382. The van der Waals surface area contributed by atoms with Crippen LogP contribution in [0.25, 0.3) is 0 Å². The van der Waals surface area contributed by atoms with Crippen LogP contribution in [0.3, 0.4) is 0 Å². The predicted molar refractivity (Wildman–Crippen MR) is 109 cm³/mol. The summed E-state index contributed by atoms with van der Waals surface area (Å²) in [4.78, 5) is 28.8. The van der Waals surface area contributed by atoms with Crippen molar-refractivity contribution in [3.8, 4) is 0 Å². The third-order valence-electron chi connectivity index (χ3n) is 5.39. The van der Waals surface area contributed by atoms with Gasteiger partial charge in [0, 0.05) is 18.4 Å². The van der Waals surface area contributed by atoms with Crippen molar-refractivity contribution in [3.63, 3.8) is 0 Å². The number of amides is 1. The molecule has 0 aromatic heterocycles. The van der Waals surface area contributed by atoms with Crippen molar-refractivity contribution in [2.45, 2.75) is 17.2 Å². The molecular formula is C23H16BrNO2. The summed E-state index contributed by atoms with van der Waals surface area (Å²) in [6.07, 6.45) is 1.04. The lowest BCUT2D eigenvalue weighted by atomic mass is 9.81. The lowest BCUT2D eigenvalue weighted by molar-refractivity contribution is -0.119. The summed E-state index contributed by atoms with van der Waals surface area (Å²) in [6, 6.07) is 23.3. The Morgan fingerprint density at radius 1 is 0.852 bits per heavy atom. The molecule has 2 aliphatic heterocycles. The summed E-state index contributed by atoms with van der Waals surface area (Å²) in [5, 5.41) is 0. The van der Waals surface area contributed by atoms with Gasteiger partial charge in [-0.2, -0.15) is 0 Å². The third kappa shape index (κ3) is 2.33. The number of alkyl halides is 1. The second-order valence-corrected chi connectivity index (χ2v) is 8.41. The molecule has 2 heterocycles. The highest BCUT2D eigenvalue weighted by molar-refractivity contribution is 9.10. The van der Waals surface area contributed by atoms with Crippen LogP contribution in [0.5, 0.6) is 0 Å². The van der Waals surface area contributed by atoms with Crippen molar-refractivity contribution in [1.82, 2.24) is 0 Å². The van der Waals surface area contributed by atoms with E-state index in [1.807, 2.05) is 72.8 Å². The fraction of sp³-hybridized carbons (Fsp3) is 0.130. The fourth-order valence-corrected chi connectivity index (χ4v) is 4.83. The fourth-order valence-electron chi connectivity index (χ4n) is 4.12. The highest BCUT2D eigenvalue weighted by atomic mass is 79.9. The van der Waals surface area contributed by atoms with Gasteiger partial charge in [-0.25, -0.2) is 0 Å². The maximum absolute atomic E-state index is 13.7. The summed E-state index contributed by atoms with van der Waals surface area (Å²) in [5.41, 5.74) is 5.28. The molecule has 2 aliphatic rings. The Kier molecular flexibility index (Phi) is 3.59. The number of rotatable bonds is 2. The molecule has 0 N–H and O–H groups in total. The molecule has 3 nitrogen and oxygen atoms in total. The number of hydrogen-bond acceptors (Lipinski definition) is 2. The molecule has 0 radical (unpaired) electrons. The zero-order valence-electron chi connectivity index (χ0n) is 14.5. The molecule has 132 valence electrons. The van der Waals surface area contributed by atoms with Gasteiger partial charge in [-0.05, 0) is 28.8 Å². The number of Topliss-reactive ketones (excluding diaryl/α,β-unsaturated/α-hetero) is 1. The van der Waals surface area contributed by atoms with E-state index < -0.39 is 4.32 Å². The molecule has 3 aromatic carbocycles. The van der Waals surface area contributed by atoms with Crippen LogP contribution in [-0.2, 0) is 17.6 Å². The topological polar surface area (TPSA) is 37.4 Å². The number of carbonyl (C=O) groups excluding carboxylic acids is 2. The van der Waals surface area contributed by atoms with Crippen molar-refractivity contribution in [3.05, 3.63) is 95.1 Å². The molecule has 0 fully saturated rings. The van der Waals surface area contributed by atoms with Gasteiger partial charge in [0.1, 0.15) is 0 Å². The summed E-state index contributed by atoms with van der Waals surface area (Å²) in [7, 11) is 0. The Morgan fingerprint density at radius 2 is 1.56 bits per heavy atom. The van der Waals surface area contributed by atoms with Gasteiger partial charge in [0.05, 0.1) is 11.4 Å². The molecule has 1 amide bonds. The van der Waals surface area contributed by atoms with Crippen molar-refractivity contribution < 1.29 is 9.59 Å². The number of carbonyl (C=O) groups is 2. The van der Waals surface area contributed by atoms with Gasteiger partial charge in [0.25, 0.3) is 5.91 Å². The smallest absolute Gasteiger partial charge is 0.256 e. The van der Waals surface area contributed by atoms with Crippen LogP contribution >= 0.6 is 15.9 Å². The summed E-state index contributed by atoms with van der Waals surface area (Å²) >= 11 is 3.57. The Bertz CT molecular complexity index is 1090. The van der Waals surface area contributed by atoms with E-state index in [0.29, 0.717) is 12.0 Å². The van der Waals surface area contributed by atoms with Crippen LogP contribution in [0.1, 0.15) is 27.0 Å². The molecule has 0 saturated heterocycles. The molecule has 0 spiro atoms. The Hall–Kier alpha value is -2.72. The number of hydrogen-bond donors (Lipinski definition) is 0. The first-order valence-electron chi connectivity index (χ1n) is 8.91. The van der Waals surface area contributed by atoms with E-state index in [-0.39, 0.29) is 11.7 Å². The minimum absolute atomic E-state index is 0.163. The number of ketones is 1. The van der Waals surface area contributed by atoms with Gasteiger partial charge in [-0.15, -0.1) is 0 Å². The summed E-state index contributed by atoms with van der Waals surface area (Å²) < 4.78 is -1.30. The maximum Gasteiger partial charge on any atom is 0.256 e. The summed E-state index contributed by atoms with van der Waals surface area (Å²) in [6.45, 7) is 0. The molecule has 1 atom stereocenters. The number of fused-ring (bicyclic) bond motifs is 2. The molecule has 0 bridgehead atoms. The lowest BCUT2D eigenvalue weighted by Gasteiger charge is -2.42. The van der Waals surface area contributed by atoms with E-state index in [0.717, 1.165) is 34.5 Å². The quantitative estimate of drug-likeness (QED) is 0.442. The van der Waals surface area contributed by atoms with E-state index in [4.69, 9.17) is 0 Å². The average molecular weight is 418 g/mol. The van der Waals surface area contributed by atoms with Gasteiger partial charge in [-0.1, -0.05) is 76.6 Å². The SMILES string of the molecule is O=C1c2cccc3c2N(C(=O)C1(Br)Cc1ccccc1)c1ccccc1C3. The van der Waals surface area contributed by atoms with Crippen LogP contribution in [0.15, 0.2) is 72.8 Å². The van der Waals surface area contributed by atoms with E-state index in [2.05, 4.69) is 15.9 Å². The Morgan fingerprint density at radius 3 is 2.37 bits per heavy atom. The predicted octanol–water partition coefficient (Wildman–Crippen LogP) is 4.83. The molecule has 0 saturated carbocycles. The minimum Gasteiger partial charge on any atom is -0.292 e. The second kappa shape index (κ2) is 5.89.